The Morgan fingerprint density at radius 3 is 2.04 bits per heavy atom. The second-order valence-corrected chi connectivity index (χ2v) is 7.37. The van der Waals surface area contributed by atoms with Crippen LogP contribution in [0.2, 0.25) is 0 Å². The van der Waals surface area contributed by atoms with Crippen molar-refractivity contribution in [1.82, 2.24) is 0 Å². The monoisotopic (exact) mass is 434 g/mol. The average Bonchev–Trinajstić information content (AvgIpc) is 2.98. The highest BCUT2D eigenvalue weighted by molar-refractivity contribution is 9.10. The van der Waals surface area contributed by atoms with Gasteiger partial charge in [-0.25, -0.2) is 0 Å². The third kappa shape index (κ3) is 3.51. The van der Waals surface area contributed by atoms with Crippen LogP contribution in [0.25, 0.3) is 0 Å². The molecule has 0 bridgehead atoms. The highest BCUT2D eigenvalue weighted by Gasteiger charge is 2.27. The van der Waals surface area contributed by atoms with Crippen LogP contribution in [0.1, 0.15) is 27.0 Å². The van der Waals surface area contributed by atoms with Crippen LogP contribution in [0, 0.1) is 0 Å². The van der Waals surface area contributed by atoms with E-state index >= 15 is 0 Å². The molecule has 0 heterocycles. The summed E-state index contributed by atoms with van der Waals surface area (Å²) >= 11 is 6.66. The minimum Gasteiger partial charge on any atom is -0.299 e. The van der Waals surface area contributed by atoms with Gasteiger partial charge in [0.1, 0.15) is 5.78 Å². The number of hydrogen-bond donors (Lipinski definition) is 0. The lowest BCUT2D eigenvalue weighted by Gasteiger charge is -1.96. The van der Waals surface area contributed by atoms with Gasteiger partial charge in [-0.2, -0.15) is 0 Å². The maximum atomic E-state index is 11.1. The third-order valence-electron chi connectivity index (χ3n) is 3.86. The van der Waals surface area contributed by atoms with Gasteiger partial charge in [-0.05, 0) is 47.0 Å². The van der Waals surface area contributed by atoms with Crippen molar-refractivity contribution < 1.29 is 14.4 Å². The molecule has 2 aliphatic rings. The Morgan fingerprint density at radius 2 is 1.30 bits per heavy atom. The van der Waals surface area contributed by atoms with Gasteiger partial charge in [-0.3, -0.25) is 14.4 Å². The molecule has 2 aromatic rings. The number of carbonyl (C=O) groups excluding carboxylic acids is 3. The summed E-state index contributed by atoms with van der Waals surface area (Å²) in [5, 5.41) is 0. The van der Waals surface area contributed by atoms with Gasteiger partial charge in [0.05, 0.1) is 0 Å². The van der Waals surface area contributed by atoms with Crippen molar-refractivity contribution in [1.29, 1.82) is 0 Å². The first-order valence-corrected chi connectivity index (χ1v) is 8.67. The summed E-state index contributed by atoms with van der Waals surface area (Å²) in [7, 11) is 0. The van der Waals surface area contributed by atoms with Crippen LogP contribution in [0.4, 0.5) is 0 Å². The SMILES string of the molecule is O=C1Cc2cc(Br)ccc2C1=O.O=C1Cc2ccc(Br)cc2C1. The number of ketones is 3. The van der Waals surface area contributed by atoms with Gasteiger partial charge in [-0.15, -0.1) is 0 Å². The van der Waals surface area contributed by atoms with E-state index in [1.165, 1.54) is 11.1 Å². The van der Waals surface area contributed by atoms with Crippen LogP contribution >= 0.6 is 31.9 Å². The summed E-state index contributed by atoms with van der Waals surface area (Å²) in [6.07, 6.45) is 1.50. The van der Waals surface area contributed by atoms with Crippen LogP contribution in [-0.2, 0) is 28.9 Å². The Bertz CT molecular complexity index is 840. The molecule has 116 valence electrons. The first-order chi connectivity index (χ1) is 10.9. The first kappa shape index (κ1) is 16.3. The van der Waals surface area contributed by atoms with Crippen LogP contribution < -0.4 is 0 Å². The summed E-state index contributed by atoms with van der Waals surface area (Å²) in [4.78, 5) is 33.1. The maximum Gasteiger partial charge on any atom is 0.229 e. The van der Waals surface area contributed by atoms with Gasteiger partial charge in [0, 0.05) is 33.8 Å². The van der Waals surface area contributed by atoms with E-state index in [4.69, 9.17) is 0 Å². The molecule has 0 fully saturated rings. The van der Waals surface area contributed by atoms with Gasteiger partial charge in [0.25, 0.3) is 0 Å². The second-order valence-electron chi connectivity index (χ2n) is 5.54. The van der Waals surface area contributed by atoms with E-state index in [2.05, 4.69) is 31.9 Å². The molecule has 0 N–H and O–H groups in total. The summed E-state index contributed by atoms with van der Waals surface area (Å²) < 4.78 is 1.97. The van der Waals surface area contributed by atoms with E-state index in [1.807, 2.05) is 24.3 Å². The number of rotatable bonds is 0. The summed E-state index contributed by atoms with van der Waals surface area (Å²) in [5.41, 5.74) is 3.77. The van der Waals surface area contributed by atoms with Gasteiger partial charge < -0.3 is 0 Å². The van der Waals surface area contributed by atoms with Crippen molar-refractivity contribution in [3.63, 3.8) is 0 Å². The van der Waals surface area contributed by atoms with E-state index in [-0.39, 0.29) is 18.0 Å². The first-order valence-electron chi connectivity index (χ1n) is 7.09. The minimum absolute atomic E-state index is 0.258. The van der Waals surface area contributed by atoms with Gasteiger partial charge >= 0.3 is 0 Å². The van der Waals surface area contributed by atoms with E-state index < -0.39 is 0 Å². The lowest BCUT2D eigenvalue weighted by Crippen LogP contribution is -2.05. The molecule has 0 saturated carbocycles. The standard InChI is InChI=1S/C9H5BrO2.C9H7BrO/c10-6-1-2-7-5(3-6)4-8(11)9(7)12;10-8-2-1-6-4-9(11)5-7(6)3-8/h1-3H,4H2;1-3H,4-5H2. The molecule has 2 aliphatic carbocycles. The Hall–Kier alpha value is -1.59. The normalized spacial score (nSPS) is 15.1. The molecule has 5 heteroatoms. The van der Waals surface area contributed by atoms with Crippen molar-refractivity contribution in [2.45, 2.75) is 19.3 Å². The molecule has 0 aliphatic heterocycles. The summed E-state index contributed by atoms with van der Waals surface area (Å²) in [6.45, 7) is 0. The van der Waals surface area contributed by atoms with E-state index in [0.29, 0.717) is 24.2 Å². The smallest absolute Gasteiger partial charge is 0.229 e. The fourth-order valence-electron chi connectivity index (χ4n) is 2.75. The molecule has 0 atom stereocenters. The maximum absolute atomic E-state index is 11.1. The Kier molecular flexibility index (Phi) is 4.60. The van der Waals surface area contributed by atoms with Gasteiger partial charge in [-0.1, -0.05) is 37.9 Å². The number of hydrogen-bond acceptors (Lipinski definition) is 3. The molecule has 0 spiro atoms. The highest BCUT2D eigenvalue weighted by Crippen LogP contribution is 2.24. The topological polar surface area (TPSA) is 51.2 Å². The summed E-state index contributed by atoms with van der Waals surface area (Å²) in [5.74, 6) is -0.321. The zero-order valence-electron chi connectivity index (χ0n) is 12.1. The third-order valence-corrected chi connectivity index (χ3v) is 4.85. The number of carbonyl (C=O) groups is 3. The van der Waals surface area contributed by atoms with Crippen molar-refractivity contribution in [2.24, 2.45) is 0 Å². The molecular weight excluding hydrogens is 424 g/mol. The molecule has 3 nitrogen and oxygen atoms in total. The quantitative estimate of drug-likeness (QED) is 0.590. The van der Waals surface area contributed by atoms with Crippen LogP contribution in [0.15, 0.2) is 45.3 Å². The molecule has 0 amide bonds. The molecular formula is C18H12Br2O3. The minimum atomic E-state index is -0.350. The van der Waals surface area contributed by atoms with Crippen LogP contribution in [-0.4, -0.2) is 17.3 Å². The Balaban J connectivity index is 0.000000136. The van der Waals surface area contributed by atoms with Crippen molar-refractivity contribution in [3.05, 3.63) is 67.6 Å². The number of Topliss-reactive ketones (excluding diaryl/α,β-unsaturated/α-hetero) is 3. The number of benzene rings is 2. The predicted octanol–water partition coefficient (Wildman–Crippen LogP) is 3.87. The average molecular weight is 436 g/mol. The van der Waals surface area contributed by atoms with Gasteiger partial charge in [0.15, 0.2) is 0 Å². The van der Waals surface area contributed by atoms with Crippen LogP contribution in [0.3, 0.4) is 0 Å². The molecule has 4 rings (SSSR count). The van der Waals surface area contributed by atoms with Crippen molar-refractivity contribution in [3.8, 4) is 0 Å². The largest absolute Gasteiger partial charge is 0.299 e. The molecule has 23 heavy (non-hydrogen) atoms. The molecule has 0 unspecified atom stereocenters. The van der Waals surface area contributed by atoms with E-state index in [1.54, 1.807) is 12.1 Å². The fourth-order valence-corrected chi connectivity index (χ4v) is 3.57. The lowest BCUT2D eigenvalue weighted by atomic mass is 10.1. The van der Waals surface area contributed by atoms with Crippen molar-refractivity contribution >= 4 is 49.2 Å². The zero-order chi connectivity index (χ0) is 16.6. The zero-order valence-corrected chi connectivity index (χ0v) is 15.2. The molecule has 0 aromatic heterocycles. The lowest BCUT2D eigenvalue weighted by molar-refractivity contribution is -0.117. The Morgan fingerprint density at radius 1 is 0.696 bits per heavy atom. The van der Waals surface area contributed by atoms with Gasteiger partial charge in [0.2, 0.25) is 11.6 Å². The predicted molar refractivity (Wildman–Crippen MR) is 93.7 cm³/mol. The summed E-state index contributed by atoms with van der Waals surface area (Å²) in [6, 6.07) is 11.3. The van der Waals surface area contributed by atoms with Crippen molar-refractivity contribution in [2.75, 3.05) is 0 Å². The fraction of sp³-hybridized carbons (Fsp3) is 0.167. The second kappa shape index (κ2) is 6.49. The van der Waals surface area contributed by atoms with E-state index in [9.17, 15) is 14.4 Å². The van der Waals surface area contributed by atoms with Crippen LogP contribution in [0.5, 0.6) is 0 Å². The molecule has 0 radical (unpaired) electrons. The van der Waals surface area contributed by atoms with E-state index in [0.717, 1.165) is 14.5 Å². The Labute approximate surface area is 150 Å². The highest BCUT2D eigenvalue weighted by atomic mass is 79.9. The molecule has 0 saturated heterocycles. The number of fused-ring (bicyclic) bond motifs is 2. The number of halogens is 2. The molecule has 2 aromatic carbocycles.